The average molecular weight is 339 g/mol. The van der Waals surface area contributed by atoms with Crippen molar-refractivity contribution in [2.24, 2.45) is 0 Å². The summed E-state index contributed by atoms with van der Waals surface area (Å²) in [5, 5.41) is 9.69. The van der Waals surface area contributed by atoms with E-state index in [1.54, 1.807) is 0 Å². The number of hydrogen-bond donors (Lipinski definition) is 3. The highest BCUT2D eigenvalue weighted by atomic mass is 16.5. The van der Waals surface area contributed by atoms with Crippen molar-refractivity contribution in [3.05, 3.63) is 60.2 Å². The molecule has 2 aromatic carbocycles. The number of nitrogens with one attached hydrogen (secondary N) is 3. The third-order valence-corrected chi connectivity index (χ3v) is 4.28. The Morgan fingerprint density at radius 2 is 1.88 bits per heavy atom. The molecule has 0 bridgehead atoms. The van der Waals surface area contributed by atoms with Crippen LogP contribution in [0.25, 0.3) is 0 Å². The van der Waals surface area contributed by atoms with E-state index in [4.69, 9.17) is 4.74 Å². The Morgan fingerprint density at radius 1 is 1.16 bits per heavy atom. The standard InChI is InChI=1S/C20H25N3O2/c1-15(16-5-3-2-4-6-16)22-17-7-9-18(10-8-17)23-20(24)13-19-14-25-12-11-21-19/h2-10,15,19,21-22H,11-14H2,1H3,(H,23,24). The molecule has 1 aliphatic heterocycles. The first-order valence-electron chi connectivity index (χ1n) is 8.73. The highest BCUT2D eigenvalue weighted by Crippen LogP contribution is 2.20. The molecule has 0 aliphatic carbocycles. The van der Waals surface area contributed by atoms with Crippen molar-refractivity contribution in [1.82, 2.24) is 5.32 Å². The zero-order valence-electron chi connectivity index (χ0n) is 14.5. The van der Waals surface area contributed by atoms with Crippen LogP contribution in [0.5, 0.6) is 0 Å². The van der Waals surface area contributed by atoms with E-state index in [-0.39, 0.29) is 18.0 Å². The summed E-state index contributed by atoms with van der Waals surface area (Å²) in [7, 11) is 0. The van der Waals surface area contributed by atoms with Crippen LogP contribution in [0.1, 0.15) is 24.9 Å². The second kappa shape index (κ2) is 8.65. The average Bonchev–Trinajstić information content (AvgIpc) is 2.65. The molecule has 0 radical (unpaired) electrons. The molecule has 5 heteroatoms. The zero-order valence-corrected chi connectivity index (χ0v) is 14.5. The number of ether oxygens (including phenoxy) is 1. The molecule has 2 unspecified atom stereocenters. The first kappa shape index (κ1) is 17.5. The molecule has 0 aromatic heterocycles. The number of amides is 1. The molecular weight excluding hydrogens is 314 g/mol. The van der Waals surface area contributed by atoms with Crippen molar-refractivity contribution in [1.29, 1.82) is 0 Å². The Balaban J connectivity index is 1.50. The van der Waals surface area contributed by atoms with Crippen LogP contribution in [-0.4, -0.2) is 31.7 Å². The second-order valence-electron chi connectivity index (χ2n) is 6.33. The molecule has 3 N–H and O–H groups in total. The fourth-order valence-electron chi connectivity index (χ4n) is 2.91. The molecule has 2 aromatic rings. The lowest BCUT2D eigenvalue weighted by molar-refractivity contribution is -0.117. The smallest absolute Gasteiger partial charge is 0.226 e. The molecule has 25 heavy (non-hydrogen) atoms. The van der Waals surface area contributed by atoms with Gasteiger partial charge in [-0.3, -0.25) is 4.79 Å². The number of anilines is 2. The minimum absolute atomic E-state index is 0.00126. The van der Waals surface area contributed by atoms with E-state index in [0.717, 1.165) is 17.9 Å². The summed E-state index contributed by atoms with van der Waals surface area (Å²) in [4.78, 5) is 12.1. The van der Waals surface area contributed by atoms with Gasteiger partial charge in [0.1, 0.15) is 0 Å². The highest BCUT2D eigenvalue weighted by Gasteiger charge is 2.16. The highest BCUT2D eigenvalue weighted by molar-refractivity contribution is 5.91. The van der Waals surface area contributed by atoms with Gasteiger partial charge in [0.2, 0.25) is 5.91 Å². The zero-order chi connectivity index (χ0) is 17.5. The van der Waals surface area contributed by atoms with E-state index < -0.39 is 0 Å². The summed E-state index contributed by atoms with van der Waals surface area (Å²) in [6.45, 7) is 4.24. The van der Waals surface area contributed by atoms with E-state index in [2.05, 4.69) is 35.0 Å². The van der Waals surface area contributed by atoms with Gasteiger partial charge < -0.3 is 20.7 Å². The Hall–Kier alpha value is -2.37. The Kier molecular flexibility index (Phi) is 6.04. The summed E-state index contributed by atoms with van der Waals surface area (Å²) in [5.41, 5.74) is 3.07. The monoisotopic (exact) mass is 339 g/mol. The molecule has 1 amide bonds. The number of carbonyl (C=O) groups is 1. The van der Waals surface area contributed by atoms with E-state index in [1.807, 2.05) is 42.5 Å². The molecule has 3 rings (SSSR count). The van der Waals surface area contributed by atoms with Gasteiger partial charge in [0.25, 0.3) is 0 Å². The maximum absolute atomic E-state index is 12.1. The first-order valence-corrected chi connectivity index (χ1v) is 8.73. The summed E-state index contributed by atoms with van der Waals surface area (Å²) in [6.07, 6.45) is 0.422. The predicted octanol–water partition coefficient (Wildman–Crippen LogP) is 3.18. The van der Waals surface area contributed by atoms with Gasteiger partial charge in [0.15, 0.2) is 0 Å². The van der Waals surface area contributed by atoms with Crippen molar-refractivity contribution in [2.75, 3.05) is 30.4 Å². The third kappa shape index (κ3) is 5.31. The largest absolute Gasteiger partial charge is 0.379 e. The van der Waals surface area contributed by atoms with Crippen LogP contribution >= 0.6 is 0 Å². The molecule has 1 fully saturated rings. The Morgan fingerprint density at radius 3 is 2.56 bits per heavy atom. The number of morpholine rings is 1. The van der Waals surface area contributed by atoms with Gasteiger partial charge >= 0.3 is 0 Å². The number of hydrogen-bond acceptors (Lipinski definition) is 4. The quantitative estimate of drug-likeness (QED) is 0.756. The van der Waals surface area contributed by atoms with Crippen molar-refractivity contribution >= 4 is 17.3 Å². The fourth-order valence-corrected chi connectivity index (χ4v) is 2.91. The van der Waals surface area contributed by atoms with Crippen LogP contribution in [0.2, 0.25) is 0 Å². The van der Waals surface area contributed by atoms with Crippen LogP contribution < -0.4 is 16.0 Å². The van der Waals surface area contributed by atoms with E-state index in [1.165, 1.54) is 5.56 Å². The molecule has 0 saturated carbocycles. The first-order chi connectivity index (χ1) is 12.2. The van der Waals surface area contributed by atoms with Gasteiger partial charge in [0, 0.05) is 36.4 Å². The van der Waals surface area contributed by atoms with Gasteiger partial charge in [-0.25, -0.2) is 0 Å². The minimum Gasteiger partial charge on any atom is -0.379 e. The van der Waals surface area contributed by atoms with Crippen molar-refractivity contribution in [3.63, 3.8) is 0 Å². The fraction of sp³-hybridized carbons (Fsp3) is 0.350. The third-order valence-electron chi connectivity index (χ3n) is 4.28. The Labute approximate surface area is 148 Å². The molecule has 132 valence electrons. The lowest BCUT2D eigenvalue weighted by Crippen LogP contribution is -2.43. The molecule has 1 heterocycles. The van der Waals surface area contributed by atoms with Gasteiger partial charge in [-0.05, 0) is 36.8 Å². The van der Waals surface area contributed by atoms with Gasteiger partial charge in [0.05, 0.1) is 13.2 Å². The van der Waals surface area contributed by atoms with Crippen molar-refractivity contribution in [2.45, 2.75) is 25.4 Å². The molecule has 5 nitrogen and oxygen atoms in total. The van der Waals surface area contributed by atoms with Crippen LogP contribution in [0.3, 0.4) is 0 Å². The van der Waals surface area contributed by atoms with Crippen molar-refractivity contribution < 1.29 is 9.53 Å². The van der Waals surface area contributed by atoms with E-state index in [9.17, 15) is 4.79 Å². The normalized spacial score (nSPS) is 18.4. The Bertz CT molecular complexity index is 667. The topological polar surface area (TPSA) is 62.4 Å². The van der Waals surface area contributed by atoms with Crippen LogP contribution in [0.4, 0.5) is 11.4 Å². The van der Waals surface area contributed by atoms with Crippen molar-refractivity contribution in [3.8, 4) is 0 Å². The minimum atomic E-state index is 0.00126. The van der Waals surface area contributed by atoms with Gasteiger partial charge in [-0.1, -0.05) is 30.3 Å². The SMILES string of the molecule is CC(Nc1ccc(NC(=O)CC2COCCN2)cc1)c1ccccc1. The van der Waals surface area contributed by atoms with Crippen LogP contribution in [-0.2, 0) is 9.53 Å². The molecular formula is C20H25N3O2. The summed E-state index contributed by atoms with van der Waals surface area (Å²) < 4.78 is 5.37. The maximum atomic E-state index is 12.1. The number of rotatable bonds is 6. The molecule has 0 spiro atoms. The summed E-state index contributed by atoms with van der Waals surface area (Å²) in [5.74, 6) is 0.00126. The van der Waals surface area contributed by atoms with Gasteiger partial charge in [-0.15, -0.1) is 0 Å². The summed E-state index contributed by atoms with van der Waals surface area (Å²) in [6, 6.07) is 18.4. The van der Waals surface area contributed by atoms with Crippen LogP contribution in [0, 0.1) is 0 Å². The lowest BCUT2D eigenvalue weighted by Gasteiger charge is -2.23. The van der Waals surface area contributed by atoms with E-state index >= 15 is 0 Å². The van der Waals surface area contributed by atoms with E-state index in [0.29, 0.717) is 19.6 Å². The molecule has 2 atom stereocenters. The molecule has 1 aliphatic rings. The van der Waals surface area contributed by atoms with Gasteiger partial charge in [-0.2, -0.15) is 0 Å². The van der Waals surface area contributed by atoms with Crippen LogP contribution in [0.15, 0.2) is 54.6 Å². The molecule has 1 saturated heterocycles. The predicted molar refractivity (Wildman–Crippen MR) is 101 cm³/mol. The number of carbonyl (C=O) groups excluding carboxylic acids is 1. The number of benzene rings is 2. The lowest BCUT2D eigenvalue weighted by atomic mass is 10.1. The second-order valence-corrected chi connectivity index (χ2v) is 6.33. The maximum Gasteiger partial charge on any atom is 0.226 e. The summed E-state index contributed by atoms with van der Waals surface area (Å²) >= 11 is 0.